The van der Waals surface area contributed by atoms with Gasteiger partial charge in [0.25, 0.3) is 0 Å². The van der Waals surface area contributed by atoms with Crippen LogP contribution in [-0.4, -0.2) is 22.6 Å². The molecule has 0 unspecified atom stereocenters. The van der Waals surface area contributed by atoms with Crippen LogP contribution in [0.2, 0.25) is 0 Å². The molecule has 1 heterocycles. The van der Waals surface area contributed by atoms with E-state index in [1.165, 1.54) is 12.1 Å². The summed E-state index contributed by atoms with van der Waals surface area (Å²) < 4.78 is 15.2. The van der Waals surface area contributed by atoms with Crippen LogP contribution in [0.15, 0.2) is 36.8 Å². The molecule has 1 N–H and O–H groups in total. The zero-order valence-electron chi connectivity index (χ0n) is 9.86. The molecule has 17 heavy (non-hydrogen) atoms. The predicted molar refractivity (Wildman–Crippen MR) is 66.2 cm³/mol. The lowest BCUT2D eigenvalue weighted by atomic mass is 10.1. The molecular weight excluding hydrogens is 217 g/mol. The lowest BCUT2D eigenvalue weighted by Crippen LogP contribution is -2.19. The van der Waals surface area contributed by atoms with Crippen molar-refractivity contribution in [3.63, 3.8) is 0 Å². The van der Waals surface area contributed by atoms with Crippen molar-refractivity contribution in [3.8, 4) is 11.3 Å². The van der Waals surface area contributed by atoms with Crippen LogP contribution in [0.3, 0.4) is 0 Å². The Bertz CT molecular complexity index is 479. The van der Waals surface area contributed by atoms with E-state index in [1.807, 2.05) is 10.6 Å². The summed E-state index contributed by atoms with van der Waals surface area (Å²) in [5, 5.41) is 3.25. The molecule has 0 saturated heterocycles. The molecule has 3 nitrogen and oxygen atoms in total. The molecule has 4 heteroatoms. The van der Waals surface area contributed by atoms with Crippen LogP contribution in [0.5, 0.6) is 0 Å². The number of nitrogens with one attached hydrogen (secondary N) is 1. The summed E-state index contributed by atoms with van der Waals surface area (Å²) in [4.78, 5) is 4.12. The number of nitrogens with zero attached hydrogens (tertiary/aromatic N) is 2. The number of benzene rings is 1. The highest BCUT2D eigenvalue weighted by Gasteiger charge is 2.05. The van der Waals surface area contributed by atoms with Gasteiger partial charge in [0, 0.05) is 18.7 Å². The quantitative estimate of drug-likeness (QED) is 0.803. The smallest absolute Gasteiger partial charge is 0.123 e. The molecule has 0 amide bonds. The highest BCUT2D eigenvalue weighted by atomic mass is 19.1. The number of hydrogen-bond acceptors (Lipinski definition) is 2. The number of rotatable bonds is 5. The van der Waals surface area contributed by atoms with Crippen molar-refractivity contribution in [1.82, 2.24) is 14.9 Å². The molecule has 1 aromatic heterocycles. The van der Waals surface area contributed by atoms with Crippen LogP contribution in [-0.2, 0) is 6.54 Å². The minimum atomic E-state index is -0.220. The van der Waals surface area contributed by atoms with Crippen LogP contribution in [0, 0.1) is 5.82 Å². The average molecular weight is 233 g/mol. The molecular formula is C13H16FN3. The van der Waals surface area contributed by atoms with Gasteiger partial charge in [-0.25, -0.2) is 9.37 Å². The van der Waals surface area contributed by atoms with Crippen molar-refractivity contribution >= 4 is 0 Å². The fraction of sp³-hybridized carbons (Fsp3) is 0.308. The molecule has 2 aromatic rings. The van der Waals surface area contributed by atoms with Crippen molar-refractivity contribution < 1.29 is 4.39 Å². The second-order valence-electron chi connectivity index (χ2n) is 3.84. The van der Waals surface area contributed by atoms with Gasteiger partial charge in [-0.3, -0.25) is 0 Å². The number of hydrogen-bond donors (Lipinski definition) is 1. The van der Waals surface area contributed by atoms with Crippen molar-refractivity contribution in [3.05, 3.63) is 42.6 Å². The summed E-state index contributed by atoms with van der Waals surface area (Å²) in [6, 6.07) is 6.58. The highest BCUT2D eigenvalue weighted by molar-refractivity contribution is 5.58. The van der Waals surface area contributed by atoms with Gasteiger partial charge in [-0.2, -0.15) is 0 Å². The van der Waals surface area contributed by atoms with E-state index in [0.717, 1.165) is 30.9 Å². The largest absolute Gasteiger partial charge is 0.329 e. The molecule has 0 aliphatic heterocycles. The summed E-state index contributed by atoms with van der Waals surface area (Å²) in [6.07, 6.45) is 3.54. The third-order valence-corrected chi connectivity index (χ3v) is 2.61. The summed E-state index contributed by atoms with van der Waals surface area (Å²) in [5.41, 5.74) is 1.81. The van der Waals surface area contributed by atoms with Crippen molar-refractivity contribution in [2.75, 3.05) is 13.1 Å². The summed E-state index contributed by atoms with van der Waals surface area (Å²) in [7, 11) is 0. The first-order valence-corrected chi connectivity index (χ1v) is 5.78. The van der Waals surface area contributed by atoms with E-state index in [1.54, 1.807) is 18.6 Å². The standard InChI is InChI=1S/C13H16FN3/c1-2-15-6-7-17-10-16-9-13(17)11-4-3-5-12(14)8-11/h3-5,8-10,15H,2,6-7H2,1H3. The van der Waals surface area contributed by atoms with Gasteiger partial charge in [0.1, 0.15) is 5.82 Å². The average Bonchev–Trinajstić information content (AvgIpc) is 2.78. The Labute approximate surface area is 100 Å². The van der Waals surface area contributed by atoms with E-state index in [-0.39, 0.29) is 5.82 Å². The fourth-order valence-electron chi connectivity index (χ4n) is 1.76. The molecule has 0 atom stereocenters. The van der Waals surface area contributed by atoms with Crippen molar-refractivity contribution in [1.29, 1.82) is 0 Å². The van der Waals surface area contributed by atoms with Crippen LogP contribution in [0.4, 0.5) is 4.39 Å². The lowest BCUT2D eigenvalue weighted by molar-refractivity contribution is 0.614. The minimum absolute atomic E-state index is 0.220. The molecule has 0 aliphatic carbocycles. The Kier molecular flexibility index (Phi) is 3.88. The first kappa shape index (κ1) is 11.8. The van der Waals surface area contributed by atoms with Crippen molar-refractivity contribution in [2.45, 2.75) is 13.5 Å². The normalized spacial score (nSPS) is 10.7. The van der Waals surface area contributed by atoms with Gasteiger partial charge >= 0.3 is 0 Å². The predicted octanol–water partition coefficient (Wildman–Crippen LogP) is 2.30. The second-order valence-corrected chi connectivity index (χ2v) is 3.84. The summed E-state index contributed by atoms with van der Waals surface area (Å²) in [5.74, 6) is -0.220. The van der Waals surface area contributed by atoms with Gasteiger partial charge < -0.3 is 9.88 Å². The second kappa shape index (κ2) is 5.59. The van der Waals surface area contributed by atoms with E-state index >= 15 is 0 Å². The molecule has 0 bridgehead atoms. The zero-order valence-corrected chi connectivity index (χ0v) is 9.86. The Balaban J connectivity index is 2.18. The Morgan fingerprint density at radius 3 is 3.06 bits per heavy atom. The number of aromatic nitrogens is 2. The molecule has 0 spiro atoms. The molecule has 90 valence electrons. The van der Waals surface area contributed by atoms with Crippen LogP contribution < -0.4 is 5.32 Å². The van der Waals surface area contributed by atoms with Gasteiger partial charge in [-0.05, 0) is 18.7 Å². The van der Waals surface area contributed by atoms with Crippen LogP contribution >= 0.6 is 0 Å². The SMILES string of the molecule is CCNCCn1cncc1-c1cccc(F)c1. The third-order valence-electron chi connectivity index (χ3n) is 2.61. The fourth-order valence-corrected chi connectivity index (χ4v) is 1.76. The monoisotopic (exact) mass is 233 g/mol. The van der Waals surface area contributed by atoms with Crippen LogP contribution in [0.25, 0.3) is 11.3 Å². The van der Waals surface area contributed by atoms with E-state index in [2.05, 4.69) is 17.2 Å². The summed E-state index contributed by atoms with van der Waals surface area (Å²) in [6.45, 7) is 4.74. The highest BCUT2D eigenvalue weighted by Crippen LogP contribution is 2.19. The Morgan fingerprint density at radius 1 is 1.41 bits per heavy atom. The van der Waals surface area contributed by atoms with Gasteiger partial charge in [0.15, 0.2) is 0 Å². The van der Waals surface area contributed by atoms with E-state index in [9.17, 15) is 4.39 Å². The zero-order chi connectivity index (χ0) is 12.1. The molecule has 0 saturated carbocycles. The van der Waals surface area contributed by atoms with E-state index in [4.69, 9.17) is 0 Å². The Morgan fingerprint density at radius 2 is 2.29 bits per heavy atom. The van der Waals surface area contributed by atoms with Crippen LogP contribution in [0.1, 0.15) is 6.92 Å². The topological polar surface area (TPSA) is 29.9 Å². The maximum Gasteiger partial charge on any atom is 0.123 e. The van der Waals surface area contributed by atoms with Gasteiger partial charge in [0.2, 0.25) is 0 Å². The van der Waals surface area contributed by atoms with E-state index < -0.39 is 0 Å². The van der Waals surface area contributed by atoms with Gasteiger partial charge in [0.05, 0.1) is 18.2 Å². The Hall–Kier alpha value is -1.68. The lowest BCUT2D eigenvalue weighted by Gasteiger charge is -2.08. The summed E-state index contributed by atoms with van der Waals surface area (Å²) >= 11 is 0. The van der Waals surface area contributed by atoms with Gasteiger partial charge in [-0.15, -0.1) is 0 Å². The molecule has 2 rings (SSSR count). The van der Waals surface area contributed by atoms with Gasteiger partial charge in [-0.1, -0.05) is 19.1 Å². The maximum atomic E-state index is 13.2. The number of imidazole rings is 1. The van der Waals surface area contributed by atoms with Crippen molar-refractivity contribution in [2.24, 2.45) is 0 Å². The number of likely N-dealkylation sites (N-methyl/N-ethyl adjacent to an activating group) is 1. The first-order chi connectivity index (χ1) is 8.31. The first-order valence-electron chi connectivity index (χ1n) is 5.78. The molecule has 0 radical (unpaired) electrons. The third kappa shape index (κ3) is 2.91. The maximum absolute atomic E-state index is 13.2. The minimum Gasteiger partial charge on any atom is -0.329 e. The molecule has 1 aromatic carbocycles. The van der Waals surface area contributed by atoms with E-state index in [0.29, 0.717) is 0 Å². The number of halogens is 1. The molecule has 0 aliphatic rings. The molecule has 0 fully saturated rings.